The van der Waals surface area contributed by atoms with Crippen molar-refractivity contribution in [2.45, 2.75) is 281 Å². The van der Waals surface area contributed by atoms with E-state index in [9.17, 15) is 9.59 Å². The number of nitrogens with two attached hydrogens (primary N) is 2. The molecule has 0 aromatic heterocycles. The predicted octanol–water partition coefficient (Wildman–Crippen LogP) is 18.6. The van der Waals surface area contributed by atoms with Crippen molar-refractivity contribution in [1.29, 1.82) is 0 Å². The third-order valence-corrected chi connectivity index (χ3v) is 24.4. The first-order valence-electron chi connectivity index (χ1n) is 45.9. The van der Waals surface area contributed by atoms with Crippen molar-refractivity contribution >= 4 is 157 Å². The van der Waals surface area contributed by atoms with Crippen molar-refractivity contribution in [3.05, 3.63) is 234 Å². The van der Waals surface area contributed by atoms with Gasteiger partial charge in [-0.3, -0.25) is 4.99 Å². The fourth-order valence-corrected chi connectivity index (χ4v) is 17.4. The number of fused-ring (bicyclic) bond motifs is 6. The molecule has 0 fully saturated rings. The number of aliphatic imine (C=N–C) groups is 1. The summed E-state index contributed by atoms with van der Waals surface area (Å²) in [6, 6.07) is 52.0. The Bertz CT molecular complexity index is 4790. The number of anilines is 2. The van der Waals surface area contributed by atoms with Crippen LogP contribution in [0.15, 0.2) is 198 Å². The number of ether oxygens (including phenoxy) is 4. The minimum atomic E-state index is -0.496. The molecule has 0 saturated carbocycles. The number of nitrogens with zero attached hydrogens (tertiary/aromatic N) is 6. The molecule has 16 nitrogen and oxygen atoms in total. The molecule has 0 spiro atoms. The van der Waals surface area contributed by atoms with Crippen molar-refractivity contribution in [2.24, 2.45) is 16.5 Å². The molecule has 0 bridgehead atoms. The molecule has 730 valence electrons. The maximum atomic E-state index is 12.1. The quantitative estimate of drug-likeness (QED) is 0.00970. The number of allylic oxidation sites excluding steroid dienone is 8. The minimum absolute atomic E-state index is 0. The number of hydrogen-bond donors (Lipinski definition) is 4. The Balaban J connectivity index is 0.000000846. The molecule has 0 saturated heterocycles. The predicted molar refractivity (Wildman–Crippen MR) is 575 cm³/mol. The van der Waals surface area contributed by atoms with Crippen LogP contribution in [0.4, 0.5) is 43.7 Å². The first-order chi connectivity index (χ1) is 59.9. The van der Waals surface area contributed by atoms with Crippen LogP contribution >= 0.6 is 88.3 Å². The number of halogens is 8. The zero-order chi connectivity index (χ0) is 94.9. The molecule has 6 aromatic rings. The van der Waals surface area contributed by atoms with Crippen LogP contribution in [0.1, 0.15) is 265 Å². The number of hydrogen-bond acceptors (Lipinski definition) is 11. The van der Waals surface area contributed by atoms with Gasteiger partial charge in [0.1, 0.15) is 11.2 Å². The summed E-state index contributed by atoms with van der Waals surface area (Å²) >= 11 is 10.7. The summed E-state index contributed by atoms with van der Waals surface area (Å²) in [5, 5.41) is 6.89. The molecule has 6 aliphatic rings. The van der Waals surface area contributed by atoms with Crippen LogP contribution in [-0.2, 0) is 56.4 Å². The average molecular weight is 2410 g/mol. The molecule has 0 radical (unpaired) electrons. The zero-order valence-corrected chi connectivity index (χ0v) is 97.7. The van der Waals surface area contributed by atoms with E-state index in [4.69, 9.17) is 30.4 Å². The Morgan fingerprint density at radius 3 is 1.19 bits per heavy atom. The van der Waals surface area contributed by atoms with Crippen molar-refractivity contribution in [3.63, 3.8) is 0 Å². The van der Waals surface area contributed by atoms with Crippen LogP contribution in [0.2, 0.25) is 0 Å². The van der Waals surface area contributed by atoms with Crippen LogP contribution in [-0.4, -0.2) is 144 Å². The summed E-state index contributed by atoms with van der Waals surface area (Å²) in [5.74, 6) is 0. The van der Waals surface area contributed by atoms with Crippen molar-refractivity contribution in [2.75, 3.05) is 87.2 Å². The van der Waals surface area contributed by atoms with E-state index in [1.165, 1.54) is 115 Å². The number of alkyl halides is 1. The fourth-order valence-electron chi connectivity index (χ4n) is 16.8. The molecular weight excluding hydrogens is 2250 g/mol. The summed E-state index contributed by atoms with van der Waals surface area (Å²) in [6.45, 7) is 67.0. The summed E-state index contributed by atoms with van der Waals surface area (Å²) < 4.78 is 28.0. The van der Waals surface area contributed by atoms with Gasteiger partial charge < -0.3 is 104 Å². The summed E-state index contributed by atoms with van der Waals surface area (Å²) in [7, 11) is 0. The fraction of sp³-hybridized carbons (Fsp3) is 0.519. The molecular formula is C106H158Br3Cl2I3N10O6V-. The number of carbonyl (C=O) groups excluding carboxylic acids is 2. The second-order valence-electron chi connectivity index (χ2n) is 37.4. The van der Waals surface area contributed by atoms with E-state index >= 15 is 0 Å². The second kappa shape index (κ2) is 59.2. The second-order valence-corrected chi connectivity index (χ2v) is 73.6. The monoisotopic (exact) mass is 2410 g/mol. The van der Waals surface area contributed by atoms with Gasteiger partial charge in [0, 0.05) is 163 Å². The van der Waals surface area contributed by atoms with Crippen LogP contribution < -0.4 is 78.3 Å². The van der Waals surface area contributed by atoms with E-state index in [1.54, 1.807) is 6.92 Å². The molecule has 2 amide bonds. The molecule has 25 heteroatoms. The number of para-hydroxylation sites is 6. The van der Waals surface area contributed by atoms with Gasteiger partial charge in [0.15, 0.2) is 43.1 Å². The number of rotatable bonds is 27. The standard InChI is InChI=1S/C35H47N3O2.C29H39N4.C19H28N2O2.C11H13N.C6H14O2.C4H9Br.C2H5.2BrH.2ClH.3HI.V/c1-9-10-24-37-28-19-13-11-17-26(28)34(5,6)30(37)21-15-22-31-35(7,8)27-18-12-14-20-29(27)38(31)25-16-23-36-32(39)40-33(2,3)4;1-28(2)22-12-5-7-14-24(22)32(20-10-18-30)26(28)16-9-17-27-29(3,4)23-13-6-8-15-25(23)33(27)21-11-19-31;1-14-19(5,6)15-10-7-8-11-16(15)21(14)13-9-12-20-17(22)23-18(2,3)4;1-8-11(2,3)9-6-4-5-7-10(9)12-8;1-4-7-6(3)8-5-2;1-2-3-4-5;1-2;;;;;;;;/h11-15,17-22H,9-10,16,23-25H2,1-8H3;5-9,12-17H,10-11,18-21,30-31H2,1-4H3;7-8,10-11H,9,12-13H2,1-6H3;4-7H,1-3H3;6H,4-5H2,1-3H3;2-4H2,1H3;1H2,2H3;7*1H;/q;+1;;;;;-1;;;;;;;;+3/p-4. The number of benzene rings is 6. The van der Waals surface area contributed by atoms with Gasteiger partial charge in [-0.1, -0.05) is 206 Å². The van der Waals surface area contributed by atoms with Gasteiger partial charge in [-0.05, 0) is 190 Å². The molecule has 6 N–H and O–H groups in total. The van der Waals surface area contributed by atoms with Crippen molar-refractivity contribution in [1.82, 2.24) is 10.6 Å². The van der Waals surface area contributed by atoms with E-state index in [-0.39, 0.29) is 115 Å². The Hall–Kier alpha value is -4.27. The average Bonchev–Trinajstić information content (AvgIpc) is 1.60. The Kier molecular flexibility index (Phi) is 56.4. The Labute approximate surface area is 871 Å². The van der Waals surface area contributed by atoms with Gasteiger partial charge in [-0.25, -0.2) is 9.59 Å². The number of unbranched alkanes of at least 4 members (excludes halogenated alkanes) is 2. The van der Waals surface area contributed by atoms with Crippen LogP contribution in [0.3, 0.4) is 0 Å². The Morgan fingerprint density at radius 2 is 0.832 bits per heavy atom. The van der Waals surface area contributed by atoms with Crippen molar-refractivity contribution < 1.29 is 93.6 Å². The normalized spacial score (nSPS) is 16.4. The van der Waals surface area contributed by atoms with E-state index in [0.29, 0.717) is 26.2 Å². The zero-order valence-electron chi connectivity index (χ0n) is 83.5. The SMILES string of the molecule is CC1(C)C(/C=C/C=C2\N(CCCN)c3ccccc3C2(C)C)=[N+](CCCN)c2ccccc21.CC1=Nc2ccccc2C1(C)C.CC1=[N+](CCCNC(=O)OC(C)(C)C)c2ccccc2C1(C)C.CCCCBr.CCCCN1C(=CC=CC2=[N+](CCCNC(=O)OC(C)(C)C)c3ccccc3C2(C)C)C(C)(C)c2ccccc21.CCOC(C)OCC.Cl.[Br-].[Br-].[CH2-]C.[Cl-].[I][V]([I])[I]. The number of nitrogens with one attached hydrogen (secondary N) is 2. The van der Waals surface area contributed by atoms with Crippen LogP contribution in [0.5, 0.6) is 0 Å². The maximum absolute atomic E-state index is 12.1. The number of carbonyl (C=O) groups is 2. The van der Waals surface area contributed by atoms with Crippen LogP contribution in [0, 0.1) is 6.92 Å². The molecule has 0 unspecified atom stereocenters. The van der Waals surface area contributed by atoms with E-state index in [1.807, 2.05) is 68.4 Å². The van der Waals surface area contributed by atoms with E-state index in [2.05, 4.69) is 409 Å². The first-order valence-corrected chi connectivity index (χ1v) is 60.5. The topological polar surface area (TPSA) is 175 Å². The molecule has 0 atom stereocenters. The van der Waals surface area contributed by atoms with Gasteiger partial charge in [0.25, 0.3) is 0 Å². The molecule has 12 rings (SSSR count). The summed E-state index contributed by atoms with van der Waals surface area (Å²) in [4.78, 5) is 33.0. The van der Waals surface area contributed by atoms with Crippen LogP contribution in [0.25, 0.3) is 0 Å². The number of alkyl carbamates (subject to hydrolysis) is 2. The van der Waals surface area contributed by atoms with Crippen molar-refractivity contribution in [3.8, 4) is 0 Å². The van der Waals surface area contributed by atoms with Gasteiger partial charge in [-0.2, -0.15) is 20.7 Å². The molecule has 6 aliphatic heterocycles. The van der Waals surface area contributed by atoms with E-state index in [0.717, 1.165) is 89.1 Å². The number of amides is 2. The van der Waals surface area contributed by atoms with Gasteiger partial charge in [0.2, 0.25) is 17.1 Å². The molecule has 6 heterocycles. The summed E-state index contributed by atoms with van der Waals surface area (Å²) in [6.07, 6.45) is 21.6. The van der Waals surface area contributed by atoms with Gasteiger partial charge in [0.05, 0.1) is 21.9 Å². The molecule has 6 aromatic carbocycles. The third kappa shape index (κ3) is 35.2. The summed E-state index contributed by atoms with van der Waals surface area (Å²) in [5.41, 5.74) is 34.4. The Morgan fingerprint density at radius 1 is 0.496 bits per heavy atom. The van der Waals surface area contributed by atoms with E-state index < -0.39 is 11.2 Å². The first kappa shape index (κ1) is 125. The molecule has 131 heavy (non-hydrogen) atoms. The molecule has 0 aliphatic carbocycles. The van der Waals surface area contributed by atoms with Gasteiger partial charge >= 0.3 is 77.0 Å². The van der Waals surface area contributed by atoms with Gasteiger partial charge in [-0.15, -0.1) is 12.4 Å². The third-order valence-electron chi connectivity index (χ3n) is 23.8.